The van der Waals surface area contributed by atoms with Crippen LogP contribution < -0.4 is 5.73 Å². The lowest BCUT2D eigenvalue weighted by Crippen LogP contribution is -2.16. The van der Waals surface area contributed by atoms with E-state index in [9.17, 15) is 8.42 Å². The van der Waals surface area contributed by atoms with Crippen LogP contribution in [0.1, 0.15) is 49.9 Å². The average molecular weight is 319 g/mol. The van der Waals surface area contributed by atoms with E-state index in [-0.39, 0.29) is 5.75 Å². The molecule has 1 unspecified atom stereocenters. The van der Waals surface area contributed by atoms with E-state index < -0.39 is 15.9 Å². The van der Waals surface area contributed by atoms with Crippen LogP contribution >= 0.6 is 11.8 Å². The summed E-state index contributed by atoms with van der Waals surface area (Å²) in [6, 6.07) is -0.512. The van der Waals surface area contributed by atoms with Gasteiger partial charge in [-0.1, -0.05) is 18.0 Å². The Bertz CT molecular complexity index is 524. The van der Waals surface area contributed by atoms with Gasteiger partial charge in [0.1, 0.15) is 9.84 Å². The Hall–Kier alpha value is -0.600. The molecule has 0 saturated heterocycles. The lowest BCUT2D eigenvalue weighted by atomic mass is 10.2. The van der Waals surface area contributed by atoms with E-state index in [2.05, 4.69) is 10.1 Å². The molecule has 6 nitrogen and oxygen atoms in total. The molecule has 0 radical (unpaired) electrons. The summed E-state index contributed by atoms with van der Waals surface area (Å²) in [5.74, 6) is 1.73. The summed E-state index contributed by atoms with van der Waals surface area (Å²) in [6.45, 7) is 0. The maximum absolute atomic E-state index is 11.1. The molecule has 1 fully saturated rings. The van der Waals surface area contributed by atoms with Crippen molar-refractivity contribution in [2.75, 3.05) is 12.0 Å². The molecule has 0 aromatic carbocycles. The van der Waals surface area contributed by atoms with E-state index in [0.717, 1.165) is 5.75 Å². The van der Waals surface area contributed by atoms with Crippen molar-refractivity contribution in [1.29, 1.82) is 0 Å². The molecule has 0 bridgehead atoms. The number of rotatable bonds is 7. The normalized spacial score (nSPS) is 18.5. The summed E-state index contributed by atoms with van der Waals surface area (Å²) >= 11 is 1.86. The highest BCUT2D eigenvalue weighted by molar-refractivity contribution is 7.99. The Morgan fingerprint density at radius 2 is 2.15 bits per heavy atom. The zero-order chi connectivity index (χ0) is 14.6. The molecule has 1 atom stereocenters. The number of sulfone groups is 1. The van der Waals surface area contributed by atoms with Gasteiger partial charge < -0.3 is 10.3 Å². The third-order valence-corrected chi connectivity index (χ3v) is 5.70. The second kappa shape index (κ2) is 6.91. The van der Waals surface area contributed by atoms with Crippen molar-refractivity contribution in [2.45, 2.75) is 49.1 Å². The van der Waals surface area contributed by atoms with Crippen molar-refractivity contribution in [3.05, 3.63) is 11.7 Å². The highest BCUT2D eigenvalue weighted by Crippen LogP contribution is 2.31. The van der Waals surface area contributed by atoms with Gasteiger partial charge in [0.2, 0.25) is 5.89 Å². The van der Waals surface area contributed by atoms with Gasteiger partial charge in [-0.25, -0.2) is 8.42 Å². The molecule has 1 aliphatic rings. The summed E-state index contributed by atoms with van der Waals surface area (Å²) in [5, 5.41) is 4.61. The van der Waals surface area contributed by atoms with Crippen LogP contribution in [0.4, 0.5) is 0 Å². The summed E-state index contributed by atoms with van der Waals surface area (Å²) in [5.41, 5.74) is 5.87. The van der Waals surface area contributed by atoms with E-state index >= 15 is 0 Å². The molecule has 1 aromatic heterocycles. The largest absolute Gasteiger partial charge is 0.338 e. The minimum atomic E-state index is -3.02. The second-order valence-corrected chi connectivity index (χ2v) is 8.84. The molecule has 2 N–H and O–H groups in total. The van der Waals surface area contributed by atoms with Crippen molar-refractivity contribution in [3.8, 4) is 0 Å². The first-order chi connectivity index (χ1) is 9.44. The lowest BCUT2D eigenvalue weighted by molar-refractivity contribution is 0.349. The fraction of sp³-hybridized carbons (Fsp3) is 0.833. The molecule has 114 valence electrons. The molecule has 1 saturated carbocycles. The zero-order valence-electron chi connectivity index (χ0n) is 11.6. The Labute approximate surface area is 123 Å². The van der Waals surface area contributed by atoms with Crippen molar-refractivity contribution in [1.82, 2.24) is 10.1 Å². The van der Waals surface area contributed by atoms with Crippen molar-refractivity contribution in [2.24, 2.45) is 5.73 Å². The van der Waals surface area contributed by atoms with E-state index in [1.165, 1.54) is 31.9 Å². The molecule has 2 rings (SSSR count). The monoisotopic (exact) mass is 319 g/mol. The Balaban J connectivity index is 1.81. The predicted molar refractivity (Wildman–Crippen MR) is 79.1 cm³/mol. The number of aromatic nitrogens is 2. The quantitative estimate of drug-likeness (QED) is 0.816. The summed E-state index contributed by atoms with van der Waals surface area (Å²) in [6.07, 6.45) is 6.65. The maximum atomic E-state index is 11.1. The van der Waals surface area contributed by atoms with Gasteiger partial charge in [-0.2, -0.15) is 16.7 Å². The predicted octanol–water partition coefficient (Wildman–Crippen LogP) is 1.68. The molecule has 8 heteroatoms. The van der Waals surface area contributed by atoms with Crippen LogP contribution in [0.3, 0.4) is 0 Å². The van der Waals surface area contributed by atoms with E-state index in [0.29, 0.717) is 23.4 Å². The van der Waals surface area contributed by atoms with Crippen molar-refractivity contribution in [3.63, 3.8) is 0 Å². The van der Waals surface area contributed by atoms with E-state index in [1.807, 2.05) is 11.8 Å². The highest BCUT2D eigenvalue weighted by Gasteiger charge is 2.19. The van der Waals surface area contributed by atoms with Crippen molar-refractivity contribution >= 4 is 21.6 Å². The molecular weight excluding hydrogens is 298 g/mol. The van der Waals surface area contributed by atoms with Gasteiger partial charge in [0.15, 0.2) is 5.82 Å². The minimum Gasteiger partial charge on any atom is -0.338 e. The molecule has 1 aliphatic carbocycles. The molecule has 0 aliphatic heterocycles. The molecule has 1 heterocycles. The summed E-state index contributed by atoms with van der Waals surface area (Å²) in [7, 11) is -3.02. The first kappa shape index (κ1) is 15.8. The topological polar surface area (TPSA) is 99.1 Å². The molecule has 20 heavy (non-hydrogen) atoms. The van der Waals surface area contributed by atoms with Crippen LogP contribution in [0.15, 0.2) is 4.52 Å². The van der Waals surface area contributed by atoms with Gasteiger partial charge >= 0.3 is 0 Å². The third kappa shape index (κ3) is 5.06. The molecule has 0 amide bonds. The van der Waals surface area contributed by atoms with E-state index in [4.69, 9.17) is 10.3 Å². The van der Waals surface area contributed by atoms with Crippen LogP contribution in [0.2, 0.25) is 0 Å². The fourth-order valence-corrected chi connectivity index (χ4v) is 4.04. The molecule has 0 spiro atoms. The van der Waals surface area contributed by atoms with Gasteiger partial charge in [0.05, 0.1) is 17.5 Å². The average Bonchev–Trinajstić information content (AvgIpc) is 3.03. The second-order valence-electron chi connectivity index (χ2n) is 5.29. The van der Waals surface area contributed by atoms with Gasteiger partial charge in [0, 0.05) is 11.5 Å². The van der Waals surface area contributed by atoms with Gasteiger partial charge in [-0.05, 0) is 19.3 Å². The van der Waals surface area contributed by atoms with Crippen LogP contribution in [-0.4, -0.2) is 35.8 Å². The number of hydrogen-bond donors (Lipinski definition) is 1. The number of nitrogens with two attached hydrogens (primary N) is 1. The standard InChI is InChI=1S/C12H21N3O3S2/c1-20(16,17)7-6-10(13)12-14-11(15-18-12)8-19-9-4-2-3-5-9/h9-10H,2-8,13H2,1H3. The first-order valence-electron chi connectivity index (χ1n) is 6.81. The summed E-state index contributed by atoms with van der Waals surface area (Å²) in [4.78, 5) is 4.25. The molecule has 1 aromatic rings. The van der Waals surface area contributed by atoms with E-state index in [1.54, 1.807) is 0 Å². The van der Waals surface area contributed by atoms with Crippen LogP contribution in [0.5, 0.6) is 0 Å². The first-order valence-corrected chi connectivity index (χ1v) is 9.92. The van der Waals surface area contributed by atoms with Crippen LogP contribution in [0, 0.1) is 0 Å². The Kier molecular flexibility index (Phi) is 5.45. The lowest BCUT2D eigenvalue weighted by Gasteiger charge is -2.05. The van der Waals surface area contributed by atoms with Crippen molar-refractivity contribution < 1.29 is 12.9 Å². The Morgan fingerprint density at radius 1 is 1.45 bits per heavy atom. The van der Waals surface area contributed by atoms with Gasteiger partial charge in [-0.3, -0.25) is 0 Å². The molecular formula is C12H21N3O3S2. The summed E-state index contributed by atoms with van der Waals surface area (Å²) < 4.78 is 27.3. The SMILES string of the molecule is CS(=O)(=O)CCC(N)c1nc(CSC2CCCC2)no1. The Morgan fingerprint density at radius 3 is 2.80 bits per heavy atom. The van der Waals surface area contributed by atoms with Crippen LogP contribution in [-0.2, 0) is 15.6 Å². The zero-order valence-corrected chi connectivity index (χ0v) is 13.3. The smallest absolute Gasteiger partial charge is 0.243 e. The van der Waals surface area contributed by atoms with Crippen LogP contribution in [0.25, 0.3) is 0 Å². The van der Waals surface area contributed by atoms with Gasteiger partial charge in [0.25, 0.3) is 0 Å². The fourth-order valence-electron chi connectivity index (χ4n) is 2.19. The number of nitrogens with zero attached hydrogens (tertiary/aromatic N) is 2. The number of hydrogen-bond acceptors (Lipinski definition) is 7. The van der Waals surface area contributed by atoms with Gasteiger partial charge in [-0.15, -0.1) is 0 Å². The highest BCUT2D eigenvalue weighted by atomic mass is 32.2. The third-order valence-electron chi connectivity index (χ3n) is 3.35. The maximum Gasteiger partial charge on any atom is 0.243 e. The number of thioether (sulfide) groups is 1. The minimum absolute atomic E-state index is 0.0305.